The van der Waals surface area contributed by atoms with Gasteiger partial charge >= 0.3 is 0 Å². The van der Waals surface area contributed by atoms with Crippen LogP contribution in [-0.4, -0.2) is 12.5 Å². The molecule has 0 aliphatic rings. The van der Waals surface area contributed by atoms with Crippen LogP contribution in [0.2, 0.25) is 15.1 Å². The van der Waals surface area contributed by atoms with Crippen molar-refractivity contribution in [1.29, 1.82) is 5.26 Å². The molecule has 0 bridgehead atoms. The molecule has 1 amide bonds. The van der Waals surface area contributed by atoms with E-state index in [1.807, 2.05) is 0 Å². The van der Waals surface area contributed by atoms with E-state index in [2.05, 4.69) is 11.4 Å². The van der Waals surface area contributed by atoms with Crippen molar-refractivity contribution in [2.24, 2.45) is 0 Å². The van der Waals surface area contributed by atoms with E-state index in [9.17, 15) is 14.4 Å². The Bertz CT molecular complexity index is 1210. The number of nitriles is 1. The second-order valence-corrected chi connectivity index (χ2v) is 7.55. The number of nitrogens with one attached hydrogen (secondary N) is 1. The summed E-state index contributed by atoms with van der Waals surface area (Å²) in [7, 11) is 0. The smallest absolute Gasteiger partial charge is 0.262 e. The van der Waals surface area contributed by atoms with Crippen molar-refractivity contribution in [2.75, 3.05) is 11.9 Å². The molecular formula is C23H14Cl3FN2O2. The Kier molecular flexibility index (Phi) is 7.54. The van der Waals surface area contributed by atoms with E-state index in [-0.39, 0.29) is 23.1 Å². The lowest BCUT2D eigenvalue weighted by atomic mass is 10.0. The lowest BCUT2D eigenvalue weighted by molar-refractivity contribution is -0.118. The van der Waals surface area contributed by atoms with Gasteiger partial charge in [0.15, 0.2) is 6.61 Å². The van der Waals surface area contributed by atoms with E-state index in [1.54, 1.807) is 48.5 Å². The molecular weight excluding hydrogens is 462 g/mol. The van der Waals surface area contributed by atoms with Crippen molar-refractivity contribution in [3.63, 3.8) is 0 Å². The minimum atomic E-state index is -0.542. The molecule has 0 radical (unpaired) electrons. The summed E-state index contributed by atoms with van der Waals surface area (Å²) in [5.74, 6) is -0.807. The zero-order valence-corrected chi connectivity index (χ0v) is 18.1. The van der Waals surface area contributed by atoms with E-state index in [0.29, 0.717) is 26.7 Å². The maximum atomic E-state index is 13.6. The van der Waals surface area contributed by atoms with Gasteiger partial charge in [0.05, 0.1) is 27.4 Å². The fourth-order valence-corrected chi connectivity index (χ4v) is 3.41. The van der Waals surface area contributed by atoms with Crippen molar-refractivity contribution < 1.29 is 13.9 Å². The first kappa shape index (κ1) is 22.6. The average Bonchev–Trinajstić information content (AvgIpc) is 2.73. The third kappa shape index (κ3) is 5.99. The summed E-state index contributed by atoms with van der Waals surface area (Å²) < 4.78 is 19.0. The number of hydrogen-bond donors (Lipinski definition) is 1. The Morgan fingerprint density at radius 1 is 1.06 bits per heavy atom. The fraction of sp³-hybridized carbons (Fsp3) is 0.0435. The van der Waals surface area contributed by atoms with Gasteiger partial charge in [0.2, 0.25) is 0 Å². The third-order valence-corrected chi connectivity index (χ3v) is 4.96. The topological polar surface area (TPSA) is 62.1 Å². The predicted molar refractivity (Wildman–Crippen MR) is 122 cm³/mol. The number of allylic oxidation sites excluding steroid dienone is 1. The Balaban J connectivity index is 1.71. The summed E-state index contributed by atoms with van der Waals surface area (Å²) in [6.07, 6.45) is 1.62. The summed E-state index contributed by atoms with van der Waals surface area (Å²) in [5.41, 5.74) is 1.56. The standard InChI is InChI=1S/C23H14Cl3FN2O2/c24-16-6-7-17(18(25)11-16)15(12-28)9-14-5-8-22(19(26)10-14)31-13-23(30)29-21-4-2-1-3-20(21)27/h1-11H,13H2,(H,29,30). The van der Waals surface area contributed by atoms with Crippen molar-refractivity contribution in [2.45, 2.75) is 0 Å². The highest BCUT2D eigenvalue weighted by Crippen LogP contribution is 2.30. The minimum Gasteiger partial charge on any atom is -0.482 e. The maximum absolute atomic E-state index is 13.6. The van der Waals surface area contributed by atoms with Crippen LogP contribution in [0.5, 0.6) is 5.75 Å². The lowest BCUT2D eigenvalue weighted by Crippen LogP contribution is -2.20. The van der Waals surface area contributed by atoms with Crippen LogP contribution in [0.15, 0.2) is 60.7 Å². The molecule has 0 heterocycles. The first-order chi connectivity index (χ1) is 14.9. The number of rotatable bonds is 6. The predicted octanol–water partition coefficient (Wildman–Crippen LogP) is 6.87. The molecule has 0 saturated carbocycles. The summed E-state index contributed by atoms with van der Waals surface area (Å²) >= 11 is 18.3. The number of para-hydroxylation sites is 1. The number of carbonyl (C=O) groups excluding carboxylic acids is 1. The van der Waals surface area contributed by atoms with Gasteiger partial charge in [-0.05, 0) is 48.0 Å². The molecule has 3 rings (SSSR count). The molecule has 0 atom stereocenters. The van der Waals surface area contributed by atoms with E-state index in [4.69, 9.17) is 39.5 Å². The molecule has 3 aromatic carbocycles. The van der Waals surface area contributed by atoms with Crippen LogP contribution in [0, 0.1) is 17.1 Å². The Labute approximate surface area is 193 Å². The maximum Gasteiger partial charge on any atom is 0.262 e. The number of nitrogens with zero attached hydrogens (tertiary/aromatic N) is 1. The minimum absolute atomic E-state index is 0.0626. The number of halogens is 4. The molecule has 0 aromatic heterocycles. The summed E-state index contributed by atoms with van der Waals surface area (Å²) in [5, 5.41) is 13.0. The van der Waals surface area contributed by atoms with Crippen molar-refractivity contribution in [3.8, 4) is 11.8 Å². The number of ether oxygens (including phenoxy) is 1. The Morgan fingerprint density at radius 3 is 2.52 bits per heavy atom. The molecule has 8 heteroatoms. The zero-order valence-electron chi connectivity index (χ0n) is 15.8. The van der Waals surface area contributed by atoms with Gasteiger partial charge in [-0.2, -0.15) is 5.26 Å². The van der Waals surface area contributed by atoms with Gasteiger partial charge in [-0.25, -0.2) is 4.39 Å². The summed E-state index contributed by atoms with van der Waals surface area (Å²) in [4.78, 5) is 12.0. The van der Waals surface area contributed by atoms with Crippen LogP contribution in [0.25, 0.3) is 11.6 Å². The second kappa shape index (κ2) is 10.3. The normalized spacial score (nSPS) is 11.0. The van der Waals surface area contributed by atoms with Crippen molar-refractivity contribution in [1.82, 2.24) is 0 Å². The number of anilines is 1. The quantitative estimate of drug-likeness (QED) is 0.313. The van der Waals surface area contributed by atoms with Gasteiger partial charge < -0.3 is 10.1 Å². The molecule has 0 aliphatic heterocycles. The first-order valence-corrected chi connectivity index (χ1v) is 10.0. The van der Waals surface area contributed by atoms with Gasteiger partial charge in [0, 0.05) is 10.6 Å². The monoisotopic (exact) mass is 474 g/mol. The second-order valence-electron chi connectivity index (χ2n) is 6.30. The average molecular weight is 476 g/mol. The molecule has 0 aliphatic carbocycles. The first-order valence-electron chi connectivity index (χ1n) is 8.91. The highest BCUT2D eigenvalue weighted by Gasteiger charge is 2.11. The number of carbonyl (C=O) groups is 1. The van der Waals surface area contributed by atoms with E-state index >= 15 is 0 Å². The van der Waals surface area contributed by atoms with Gasteiger partial charge in [-0.3, -0.25) is 4.79 Å². The van der Waals surface area contributed by atoms with Crippen LogP contribution >= 0.6 is 34.8 Å². The van der Waals surface area contributed by atoms with Crippen LogP contribution in [0.1, 0.15) is 11.1 Å². The van der Waals surface area contributed by atoms with Crippen LogP contribution in [0.4, 0.5) is 10.1 Å². The Hall–Kier alpha value is -3.04. The van der Waals surface area contributed by atoms with Crippen molar-refractivity contribution >= 4 is 58.0 Å². The molecule has 0 unspecified atom stereocenters. The third-order valence-electron chi connectivity index (χ3n) is 4.12. The van der Waals surface area contributed by atoms with E-state index in [0.717, 1.165) is 0 Å². The van der Waals surface area contributed by atoms with Gasteiger partial charge in [-0.15, -0.1) is 0 Å². The molecule has 156 valence electrons. The highest BCUT2D eigenvalue weighted by molar-refractivity contribution is 6.36. The lowest BCUT2D eigenvalue weighted by Gasteiger charge is -2.10. The van der Waals surface area contributed by atoms with E-state index < -0.39 is 11.7 Å². The molecule has 0 spiro atoms. The molecule has 0 saturated heterocycles. The molecule has 0 fully saturated rings. The SMILES string of the molecule is N#CC(=Cc1ccc(OCC(=O)Nc2ccccc2F)c(Cl)c1)c1ccc(Cl)cc1Cl. The summed E-state index contributed by atoms with van der Waals surface area (Å²) in [6.45, 7) is -0.354. The molecule has 31 heavy (non-hydrogen) atoms. The fourth-order valence-electron chi connectivity index (χ4n) is 2.66. The molecule has 4 nitrogen and oxygen atoms in total. The van der Waals surface area contributed by atoms with Crippen LogP contribution in [0.3, 0.4) is 0 Å². The van der Waals surface area contributed by atoms with Crippen LogP contribution < -0.4 is 10.1 Å². The van der Waals surface area contributed by atoms with Crippen molar-refractivity contribution in [3.05, 3.63) is 92.7 Å². The molecule has 3 aromatic rings. The van der Waals surface area contributed by atoms with Gasteiger partial charge in [-0.1, -0.05) is 59.1 Å². The number of amides is 1. The van der Waals surface area contributed by atoms with Gasteiger partial charge in [0.25, 0.3) is 5.91 Å². The van der Waals surface area contributed by atoms with Crippen LogP contribution in [-0.2, 0) is 4.79 Å². The Morgan fingerprint density at radius 2 is 1.84 bits per heavy atom. The molecule has 1 N–H and O–H groups in total. The zero-order chi connectivity index (χ0) is 22.4. The number of hydrogen-bond acceptors (Lipinski definition) is 3. The highest BCUT2D eigenvalue weighted by atomic mass is 35.5. The van der Waals surface area contributed by atoms with Gasteiger partial charge in [0.1, 0.15) is 11.6 Å². The number of benzene rings is 3. The van der Waals surface area contributed by atoms with E-state index in [1.165, 1.54) is 18.2 Å². The summed E-state index contributed by atoms with van der Waals surface area (Å²) in [6, 6.07) is 17.6. The largest absolute Gasteiger partial charge is 0.482 e.